The van der Waals surface area contributed by atoms with Crippen LogP contribution in [0.2, 0.25) is 5.02 Å². The fourth-order valence-electron chi connectivity index (χ4n) is 2.07. The van der Waals surface area contributed by atoms with E-state index >= 15 is 0 Å². The first-order valence-corrected chi connectivity index (χ1v) is 7.48. The highest BCUT2D eigenvalue weighted by Gasteiger charge is 2.09. The Kier molecular flexibility index (Phi) is 5.81. The quantitative estimate of drug-likeness (QED) is 0.783. The first kappa shape index (κ1) is 16.3. The molecule has 116 valence electrons. The molecule has 0 aliphatic carbocycles. The Bertz CT molecular complexity index is 632. The minimum atomic E-state index is -0.593. The van der Waals surface area contributed by atoms with Gasteiger partial charge < -0.3 is 15.7 Å². The number of aliphatic hydroxyl groups is 1. The zero-order chi connectivity index (χ0) is 15.9. The van der Waals surface area contributed by atoms with E-state index in [2.05, 4.69) is 10.6 Å². The predicted octanol–water partition coefficient (Wildman–Crippen LogP) is 3.89. The molecule has 1 unspecified atom stereocenters. The van der Waals surface area contributed by atoms with Gasteiger partial charge in [-0.25, -0.2) is 4.79 Å². The smallest absolute Gasteiger partial charge is 0.319 e. The van der Waals surface area contributed by atoms with Gasteiger partial charge in [0.1, 0.15) is 0 Å². The number of anilines is 1. The van der Waals surface area contributed by atoms with Crippen molar-refractivity contribution in [3.05, 3.63) is 64.7 Å². The van der Waals surface area contributed by atoms with E-state index in [1.165, 1.54) is 0 Å². The largest absolute Gasteiger partial charge is 0.388 e. The van der Waals surface area contributed by atoms with Crippen LogP contribution in [0.1, 0.15) is 23.7 Å². The molecule has 0 aliphatic heterocycles. The van der Waals surface area contributed by atoms with Gasteiger partial charge in [-0.15, -0.1) is 0 Å². The van der Waals surface area contributed by atoms with Crippen molar-refractivity contribution >= 4 is 23.3 Å². The van der Waals surface area contributed by atoms with Gasteiger partial charge in [0.25, 0.3) is 0 Å². The van der Waals surface area contributed by atoms with Crippen LogP contribution in [0.25, 0.3) is 0 Å². The summed E-state index contributed by atoms with van der Waals surface area (Å²) in [7, 11) is 0. The summed E-state index contributed by atoms with van der Waals surface area (Å²) in [5.41, 5.74) is 2.31. The normalized spacial score (nSPS) is 11.8. The van der Waals surface area contributed by atoms with E-state index in [1.807, 2.05) is 49.4 Å². The number of hydrogen-bond donors (Lipinski definition) is 3. The number of urea groups is 1. The van der Waals surface area contributed by atoms with Gasteiger partial charge in [0.05, 0.1) is 16.8 Å². The van der Waals surface area contributed by atoms with Crippen molar-refractivity contribution in [3.8, 4) is 0 Å². The zero-order valence-corrected chi connectivity index (χ0v) is 13.1. The van der Waals surface area contributed by atoms with Crippen LogP contribution in [-0.2, 0) is 0 Å². The molecule has 2 amide bonds. The molecule has 2 aromatic carbocycles. The Morgan fingerprint density at radius 3 is 2.64 bits per heavy atom. The average molecular weight is 319 g/mol. The number of aryl methyl sites for hydroxylation is 1. The summed E-state index contributed by atoms with van der Waals surface area (Å²) < 4.78 is 0. The molecule has 0 fully saturated rings. The lowest BCUT2D eigenvalue weighted by molar-refractivity contribution is 0.167. The van der Waals surface area contributed by atoms with Crippen molar-refractivity contribution in [2.45, 2.75) is 19.4 Å². The van der Waals surface area contributed by atoms with Crippen LogP contribution in [0, 0.1) is 6.92 Å². The molecule has 3 N–H and O–H groups in total. The van der Waals surface area contributed by atoms with Gasteiger partial charge in [-0.3, -0.25) is 0 Å². The first-order chi connectivity index (χ1) is 10.6. The highest BCUT2D eigenvalue weighted by Crippen LogP contribution is 2.24. The molecule has 0 aromatic heterocycles. The van der Waals surface area contributed by atoms with Crippen molar-refractivity contribution in [1.29, 1.82) is 0 Å². The van der Waals surface area contributed by atoms with Crippen molar-refractivity contribution in [2.75, 3.05) is 11.9 Å². The van der Waals surface area contributed by atoms with Crippen molar-refractivity contribution < 1.29 is 9.90 Å². The van der Waals surface area contributed by atoms with Gasteiger partial charge in [0.2, 0.25) is 0 Å². The van der Waals surface area contributed by atoms with Crippen molar-refractivity contribution in [2.24, 2.45) is 0 Å². The molecular formula is C17H19ClN2O2. The third-order valence-electron chi connectivity index (χ3n) is 3.33. The molecule has 2 rings (SSSR count). The van der Waals surface area contributed by atoms with E-state index in [0.717, 1.165) is 11.1 Å². The molecule has 0 spiro atoms. The summed E-state index contributed by atoms with van der Waals surface area (Å²) in [4.78, 5) is 11.8. The van der Waals surface area contributed by atoms with Crippen molar-refractivity contribution in [3.63, 3.8) is 0 Å². The molecule has 22 heavy (non-hydrogen) atoms. The number of nitrogens with one attached hydrogen (secondary N) is 2. The topological polar surface area (TPSA) is 61.4 Å². The number of rotatable bonds is 5. The first-order valence-electron chi connectivity index (χ1n) is 7.11. The molecule has 0 saturated heterocycles. The van der Waals surface area contributed by atoms with E-state index in [-0.39, 0.29) is 6.03 Å². The number of halogens is 1. The SMILES string of the molecule is Cc1cccc(NC(=O)NCCC(O)c2ccccc2)c1Cl. The molecule has 5 heteroatoms. The van der Waals surface area contributed by atoms with Crippen LogP contribution >= 0.6 is 11.6 Å². The molecular weight excluding hydrogens is 300 g/mol. The van der Waals surface area contributed by atoms with Gasteiger partial charge >= 0.3 is 6.03 Å². The van der Waals surface area contributed by atoms with Gasteiger partial charge in [0.15, 0.2) is 0 Å². The van der Waals surface area contributed by atoms with Crippen LogP contribution in [0.15, 0.2) is 48.5 Å². The number of carbonyl (C=O) groups excluding carboxylic acids is 1. The fourth-order valence-corrected chi connectivity index (χ4v) is 2.25. The number of hydrogen-bond acceptors (Lipinski definition) is 2. The standard InChI is InChI=1S/C17H19ClN2O2/c1-12-6-5-9-14(16(12)18)20-17(22)19-11-10-15(21)13-7-3-2-4-8-13/h2-9,15,21H,10-11H2,1H3,(H2,19,20,22). The molecule has 4 nitrogen and oxygen atoms in total. The zero-order valence-electron chi connectivity index (χ0n) is 12.3. The summed E-state index contributed by atoms with van der Waals surface area (Å²) in [5, 5.41) is 16.0. The summed E-state index contributed by atoms with van der Waals surface area (Å²) in [5.74, 6) is 0. The summed E-state index contributed by atoms with van der Waals surface area (Å²) >= 11 is 6.12. The molecule has 0 aliphatic rings. The molecule has 1 atom stereocenters. The average Bonchev–Trinajstić information content (AvgIpc) is 2.52. The minimum Gasteiger partial charge on any atom is -0.388 e. The monoisotopic (exact) mass is 318 g/mol. The molecule has 0 heterocycles. The second-order valence-corrected chi connectivity index (χ2v) is 5.41. The lowest BCUT2D eigenvalue weighted by Crippen LogP contribution is -2.30. The number of benzene rings is 2. The molecule has 2 aromatic rings. The Morgan fingerprint density at radius 1 is 1.18 bits per heavy atom. The van der Waals surface area contributed by atoms with E-state index in [4.69, 9.17) is 11.6 Å². The predicted molar refractivity (Wildman–Crippen MR) is 89.2 cm³/mol. The van der Waals surface area contributed by atoms with Gasteiger partial charge in [0, 0.05) is 6.54 Å². The highest BCUT2D eigenvalue weighted by atomic mass is 35.5. The third kappa shape index (κ3) is 4.48. The lowest BCUT2D eigenvalue weighted by Gasteiger charge is -2.13. The maximum absolute atomic E-state index is 11.8. The van der Waals surface area contributed by atoms with Gasteiger partial charge in [-0.05, 0) is 30.5 Å². The van der Waals surface area contributed by atoms with E-state index < -0.39 is 6.10 Å². The van der Waals surface area contributed by atoms with E-state index in [9.17, 15) is 9.90 Å². The van der Waals surface area contributed by atoms with Crippen LogP contribution in [0.5, 0.6) is 0 Å². The lowest BCUT2D eigenvalue weighted by atomic mass is 10.1. The Morgan fingerprint density at radius 2 is 1.91 bits per heavy atom. The number of carbonyl (C=O) groups is 1. The number of aliphatic hydroxyl groups excluding tert-OH is 1. The fraction of sp³-hybridized carbons (Fsp3) is 0.235. The van der Waals surface area contributed by atoms with E-state index in [1.54, 1.807) is 6.07 Å². The molecule has 0 saturated carbocycles. The molecule has 0 radical (unpaired) electrons. The van der Waals surface area contributed by atoms with Gasteiger partial charge in [-0.2, -0.15) is 0 Å². The maximum atomic E-state index is 11.8. The molecule has 0 bridgehead atoms. The van der Waals surface area contributed by atoms with Gasteiger partial charge in [-0.1, -0.05) is 54.1 Å². The summed E-state index contributed by atoms with van der Waals surface area (Å²) in [6.45, 7) is 2.24. The summed E-state index contributed by atoms with van der Waals surface area (Å²) in [6.07, 6.45) is -0.150. The maximum Gasteiger partial charge on any atom is 0.319 e. The Hall–Kier alpha value is -2.04. The van der Waals surface area contributed by atoms with Crippen molar-refractivity contribution in [1.82, 2.24) is 5.32 Å². The van der Waals surface area contributed by atoms with Crippen LogP contribution < -0.4 is 10.6 Å². The number of amides is 2. The Labute approximate surface area is 135 Å². The Balaban J connectivity index is 1.80. The van der Waals surface area contributed by atoms with Crippen LogP contribution in [0.4, 0.5) is 10.5 Å². The highest BCUT2D eigenvalue weighted by molar-refractivity contribution is 6.34. The minimum absolute atomic E-state index is 0.340. The second kappa shape index (κ2) is 7.82. The summed E-state index contributed by atoms with van der Waals surface area (Å²) in [6, 6.07) is 14.5. The second-order valence-electron chi connectivity index (χ2n) is 5.03. The van der Waals surface area contributed by atoms with E-state index in [0.29, 0.717) is 23.7 Å². The van der Waals surface area contributed by atoms with Crippen LogP contribution in [0.3, 0.4) is 0 Å². The van der Waals surface area contributed by atoms with Crippen LogP contribution in [-0.4, -0.2) is 17.7 Å². The third-order valence-corrected chi connectivity index (χ3v) is 3.83.